The Balaban J connectivity index is 2.82. The molecule has 1 aromatic rings. The Bertz CT molecular complexity index is 544. The molecular weight excluding hydrogens is 298 g/mol. The van der Waals surface area contributed by atoms with Crippen molar-refractivity contribution in [2.45, 2.75) is 39.2 Å². The van der Waals surface area contributed by atoms with Gasteiger partial charge in [0.2, 0.25) is 5.91 Å². The molecule has 0 aliphatic heterocycles. The summed E-state index contributed by atoms with van der Waals surface area (Å²) in [6.07, 6.45) is 1.40. The van der Waals surface area contributed by atoms with E-state index in [1.165, 1.54) is 4.90 Å². The average Bonchev–Trinajstić information content (AvgIpc) is 2.56. The van der Waals surface area contributed by atoms with Crippen molar-refractivity contribution in [3.05, 3.63) is 23.8 Å². The number of nitrogens with zero attached hydrogens (tertiary/aromatic N) is 1. The van der Waals surface area contributed by atoms with Gasteiger partial charge in [0.15, 0.2) is 0 Å². The highest BCUT2D eigenvalue weighted by Gasteiger charge is 2.21. The zero-order valence-electron chi connectivity index (χ0n) is 14.2. The number of carboxylic acid groups (broad SMARTS) is 1. The summed E-state index contributed by atoms with van der Waals surface area (Å²) in [6, 6.07) is 5.31. The van der Waals surface area contributed by atoms with Gasteiger partial charge in [-0.3, -0.25) is 9.59 Å². The third kappa shape index (κ3) is 5.47. The fraction of sp³-hybridized carbons (Fsp3) is 0.529. The van der Waals surface area contributed by atoms with Crippen LogP contribution in [0.3, 0.4) is 0 Å². The van der Waals surface area contributed by atoms with Gasteiger partial charge in [-0.1, -0.05) is 6.92 Å². The molecule has 0 bridgehead atoms. The highest BCUT2D eigenvalue weighted by molar-refractivity contribution is 5.81. The molecule has 6 heteroatoms. The van der Waals surface area contributed by atoms with Gasteiger partial charge in [-0.05, 0) is 43.5 Å². The summed E-state index contributed by atoms with van der Waals surface area (Å²) in [5, 5.41) is 8.98. The molecule has 1 amide bonds. The molecule has 6 nitrogen and oxygen atoms in total. The number of amides is 1. The van der Waals surface area contributed by atoms with Crippen LogP contribution in [-0.4, -0.2) is 48.7 Å². The molecule has 0 aromatic heterocycles. The number of methoxy groups -OCH3 is 2. The predicted octanol–water partition coefficient (Wildman–Crippen LogP) is 2.35. The quantitative estimate of drug-likeness (QED) is 0.755. The van der Waals surface area contributed by atoms with Gasteiger partial charge in [0, 0.05) is 12.5 Å². The fourth-order valence-electron chi connectivity index (χ4n) is 2.32. The van der Waals surface area contributed by atoms with E-state index >= 15 is 0 Å². The molecule has 0 aliphatic rings. The predicted molar refractivity (Wildman–Crippen MR) is 87.0 cm³/mol. The van der Waals surface area contributed by atoms with Crippen LogP contribution in [0, 0.1) is 0 Å². The molecule has 0 aliphatic carbocycles. The lowest BCUT2D eigenvalue weighted by Crippen LogP contribution is -2.41. The van der Waals surface area contributed by atoms with Crippen LogP contribution in [-0.2, 0) is 16.0 Å². The molecule has 23 heavy (non-hydrogen) atoms. The van der Waals surface area contributed by atoms with Crippen LogP contribution >= 0.6 is 0 Å². The Kier molecular flexibility index (Phi) is 7.38. The van der Waals surface area contributed by atoms with Gasteiger partial charge in [-0.25, -0.2) is 0 Å². The number of carboxylic acids is 1. The summed E-state index contributed by atoms with van der Waals surface area (Å²) in [5.41, 5.74) is 0.861. The summed E-state index contributed by atoms with van der Waals surface area (Å²) in [6.45, 7) is 3.51. The van der Waals surface area contributed by atoms with Crippen LogP contribution in [0.1, 0.15) is 32.3 Å². The number of benzene rings is 1. The Labute approximate surface area is 137 Å². The normalized spacial score (nSPS) is 11.7. The lowest BCUT2D eigenvalue weighted by Gasteiger charge is -2.27. The zero-order chi connectivity index (χ0) is 17.4. The molecule has 1 atom stereocenters. The number of rotatable bonds is 9. The lowest BCUT2D eigenvalue weighted by atomic mass is 10.1. The van der Waals surface area contributed by atoms with E-state index in [4.69, 9.17) is 14.6 Å². The topological polar surface area (TPSA) is 76.1 Å². The van der Waals surface area contributed by atoms with E-state index in [-0.39, 0.29) is 24.9 Å². The molecule has 0 fully saturated rings. The first-order valence-electron chi connectivity index (χ1n) is 7.65. The molecule has 0 radical (unpaired) electrons. The number of carbonyl (C=O) groups is 2. The summed E-state index contributed by atoms with van der Waals surface area (Å²) < 4.78 is 10.5. The van der Waals surface area contributed by atoms with E-state index in [9.17, 15) is 9.59 Å². The maximum absolute atomic E-state index is 12.4. The first-order chi connectivity index (χ1) is 10.9. The van der Waals surface area contributed by atoms with Crippen molar-refractivity contribution in [1.82, 2.24) is 4.90 Å². The SMILES string of the molecule is CCC(C)N(CC(=O)O)C(=O)CCc1cc(OC)ccc1OC. The highest BCUT2D eigenvalue weighted by atomic mass is 16.5. The minimum absolute atomic E-state index is 0.106. The first kappa shape index (κ1) is 18.8. The monoisotopic (exact) mass is 323 g/mol. The Morgan fingerprint density at radius 2 is 1.96 bits per heavy atom. The van der Waals surface area contributed by atoms with E-state index in [0.29, 0.717) is 24.3 Å². The minimum Gasteiger partial charge on any atom is -0.497 e. The van der Waals surface area contributed by atoms with Crippen molar-refractivity contribution in [3.8, 4) is 11.5 Å². The third-order valence-corrected chi connectivity index (χ3v) is 3.84. The van der Waals surface area contributed by atoms with E-state index in [2.05, 4.69) is 0 Å². The van der Waals surface area contributed by atoms with Crippen LogP contribution in [0.25, 0.3) is 0 Å². The number of hydrogen-bond donors (Lipinski definition) is 1. The highest BCUT2D eigenvalue weighted by Crippen LogP contribution is 2.25. The maximum atomic E-state index is 12.4. The first-order valence-corrected chi connectivity index (χ1v) is 7.65. The molecule has 1 rings (SSSR count). The van der Waals surface area contributed by atoms with Crippen LogP contribution in [0.4, 0.5) is 0 Å². The molecular formula is C17H25NO5. The molecule has 0 heterocycles. The summed E-state index contributed by atoms with van der Waals surface area (Å²) in [4.78, 5) is 24.8. The minimum atomic E-state index is -1.00. The van der Waals surface area contributed by atoms with Crippen LogP contribution in [0.5, 0.6) is 11.5 Å². The summed E-state index contributed by atoms with van der Waals surface area (Å²) >= 11 is 0. The molecule has 0 saturated carbocycles. The molecule has 0 spiro atoms. The molecule has 128 valence electrons. The summed E-state index contributed by atoms with van der Waals surface area (Å²) in [5.74, 6) is 0.203. The van der Waals surface area contributed by atoms with E-state index in [1.54, 1.807) is 26.4 Å². The van der Waals surface area contributed by atoms with Gasteiger partial charge in [0.25, 0.3) is 0 Å². The molecule has 1 N–H and O–H groups in total. The van der Waals surface area contributed by atoms with Crippen molar-refractivity contribution >= 4 is 11.9 Å². The number of carbonyl (C=O) groups excluding carboxylic acids is 1. The largest absolute Gasteiger partial charge is 0.497 e. The van der Waals surface area contributed by atoms with Gasteiger partial charge < -0.3 is 19.5 Å². The second-order valence-electron chi connectivity index (χ2n) is 5.35. The number of hydrogen-bond acceptors (Lipinski definition) is 4. The zero-order valence-corrected chi connectivity index (χ0v) is 14.2. The smallest absolute Gasteiger partial charge is 0.323 e. The van der Waals surface area contributed by atoms with Gasteiger partial charge in [0.1, 0.15) is 18.0 Å². The summed E-state index contributed by atoms with van der Waals surface area (Å²) in [7, 11) is 3.15. The van der Waals surface area contributed by atoms with Crippen molar-refractivity contribution < 1.29 is 24.2 Å². The van der Waals surface area contributed by atoms with E-state index in [0.717, 1.165) is 5.56 Å². The standard InChI is InChI=1S/C17H25NO5/c1-5-12(2)18(11-17(20)21)16(19)9-6-13-10-14(22-3)7-8-15(13)23-4/h7-8,10,12H,5-6,9,11H2,1-4H3,(H,20,21). The average molecular weight is 323 g/mol. The Hall–Kier alpha value is -2.24. The van der Waals surface area contributed by atoms with Crippen molar-refractivity contribution in [2.75, 3.05) is 20.8 Å². The van der Waals surface area contributed by atoms with Gasteiger partial charge in [-0.2, -0.15) is 0 Å². The van der Waals surface area contributed by atoms with Crippen LogP contribution < -0.4 is 9.47 Å². The maximum Gasteiger partial charge on any atom is 0.323 e. The lowest BCUT2D eigenvalue weighted by molar-refractivity contribution is -0.146. The molecule has 0 saturated heterocycles. The van der Waals surface area contributed by atoms with Crippen LogP contribution in [0.15, 0.2) is 18.2 Å². The van der Waals surface area contributed by atoms with Gasteiger partial charge in [0.05, 0.1) is 14.2 Å². The third-order valence-electron chi connectivity index (χ3n) is 3.84. The second kappa shape index (κ2) is 9.02. The van der Waals surface area contributed by atoms with Gasteiger partial charge >= 0.3 is 5.97 Å². The fourth-order valence-corrected chi connectivity index (χ4v) is 2.32. The molecule has 1 aromatic carbocycles. The van der Waals surface area contributed by atoms with E-state index < -0.39 is 5.97 Å². The Morgan fingerprint density at radius 3 is 2.48 bits per heavy atom. The number of aliphatic carboxylic acids is 1. The van der Waals surface area contributed by atoms with Crippen LogP contribution in [0.2, 0.25) is 0 Å². The van der Waals surface area contributed by atoms with Gasteiger partial charge in [-0.15, -0.1) is 0 Å². The van der Waals surface area contributed by atoms with Crippen molar-refractivity contribution in [2.24, 2.45) is 0 Å². The number of ether oxygens (including phenoxy) is 2. The number of aryl methyl sites for hydroxylation is 1. The van der Waals surface area contributed by atoms with Crippen molar-refractivity contribution in [3.63, 3.8) is 0 Å². The molecule has 1 unspecified atom stereocenters. The van der Waals surface area contributed by atoms with Crippen molar-refractivity contribution in [1.29, 1.82) is 0 Å². The second-order valence-corrected chi connectivity index (χ2v) is 5.35. The Morgan fingerprint density at radius 1 is 1.26 bits per heavy atom. The van der Waals surface area contributed by atoms with E-state index in [1.807, 2.05) is 19.9 Å².